The number of rotatable bonds is 0. The van der Waals surface area contributed by atoms with Gasteiger partial charge in [-0.25, -0.2) is 0 Å². The Morgan fingerprint density at radius 2 is 1.37 bits per heavy atom. The van der Waals surface area contributed by atoms with Gasteiger partial charge in [-0.1, -0.05) is 23.6 Å². The van der Waals surface area contributed by atoms with Crippen molar-refractivity contribution in [2.24, 2.45) is 0 Å². The zero-order valence-corrected chi connectivity index (χ0v) is 11.3. The summed E-state index contributed by atoms with van der Waals surface area (Å²) in [7, 11) is 2.06. The quantitative estimate of drug-likeness (QED) is 0.662. The third kappa shape index (κ3) is 1.87. The third-order valence-electron chi connectivity index (χ3n) is 3.20. The van der Waals surface area contributed by atoms with E-state index in [1.165, 1.54) is 21.2 Å². The molecule has 1 aliphatic heterocycles. The average Bonchev–Trinajstić information content (AvgIpc) is 2.46. The molecule has 0 aliphatic carbocycles. The highest BCUT2D eigenvalue weighted by Crippen LogP contribution is 2.47. The Labute approximate surface area is 117 Å². The van der Waals surface area contributed by atoms with Crippen LogP contribution in [0.1, 0.15) is 11.1 Å². The monoisotopic (exact) mass is 261 g/mol. The molecule has 1 nitrogen and oxygen atoms in total. The van der Waals surface area contributed by atoms with Gasteiger partial charge in [0.1, 0.15) is 0 Å². The highest BCUT2D eigenvalue weighted by Gasteiger charge is 2.20. The smallest absolute Gasteiger partial charge is 0.0551 e. The van der Waals surface area contributed by atoms with Gasteiger partial charge >= 0.3 is 0 Å². The number of benzene rings is 2. The molecule has 0 spiro atoms. The fraction of sp³-hybridized carbons (Fsp3) is 0.0588. The summed E-state index contributed by atoms with van der Waals surface area (Å²) in [5, 5.41) is 0. The van der Waals surface area contributed by atoms with Crippen LogP contribution in [0, 0.1) is 24.7 Å². The normalized spacial score (nSPS) is 12.1. The molecule has 19 heavy (non-hydrogen) atoms. The van der Waals surface area contributed by atoms with Gasteiger partial charge in [0, 0.05) is 28.0 Å². The van der Waals surface area contributed by atoms with Crippen molar-refractivity contribution in [3.05, 3.63) is 47.5 Å². The van der Waals surface area contributed by atoms with Crippen LogP contribution in [0.5, 0.6) is 0 Å². The molecule has 3 rings (SSSR count). The Hall–Kier alpha value is -2.29. The van der Waals surface area contributed by atoms with Crippen molar-refractivity contribution >= 4 is 23.1 Å². The second-order valence-corrected chi connectivity index (χ2v) is 5.40. The van der Waals surface area contributed by atoms with Crippen molar-refractivity contribution in [2.45, 2.75) is 9.79 Å². The summed E-state index contributed by atoms with van der Waals surface area (Å²) in [5.41, 5.74) is 4.14. The molecule has 2 aromatic carbocycles. The van der Waals surface area contributed by atoms with E-state index in [-0.39, 0.29) is 0 Å². The summed E-state index contributed by atoms with van der Waals surface area (Å²) in [6, 6.07) is 12.2. The molecule has 0 bridgehead atoms. The molecule has 0 N–H and O–H groups in total. The lowest BCUT2D eigenvalue weighted by atomic mass is 10.1. The van der Waals surface area contributed by atoms with E-state index in [4.69, 9.17) is 12.8 Å². The van der Waals surface area contributed by atoms with Crippen LogP contribution in [0.4, 0.5) is 11.4 Å². The number of hydrogen-bond donors (Lipinski definition) is 0. The summed E-state index contributed by atoms with van der Waals surface area (Å²) in [6.45, 7) is 0. The fourth-order valence-electron chi connectivity index (χ4n) is 2.17. The van der Waals surface area contributed by atoms with Crippen LogP contribution in [0.15, 0.2) is 46.2 Å². The predicted octanol–water partition coefficient (Wildman–Crippen LogP) is 3.88. The maximum Gasteiger partial charge on any atom is 0.0551 e. The van der Waals surface area contributed by atoms with Gasteiger partial charge in [-0.15, -0.1) is 12.8 Å². The Kier molecular flexibility index (Phi) is 2.75. The molecular formula is C17H11NS. The van der Waals surface area contributed by atoms with Crippen LogP contribution < -0.4 is 4.90 Å². The van der Waals surface area contributed by atoms with Gasteiger partial charge in [0.15, 0.2) is 0 Å². The zero-order chi connectivity index (χ0) is 13.4. The summed E-state index contributed by atoms with van der Waals surface area (Å²) in [6.07, 6.45) is 10.9. The third-order valence-corrected chi connectivity index (χ3v) is 4.29. The van der Waals surface area contributed by atoms with Crippen LogP contribution in [-0.4, -0.2) is 7.05 Å². The van der Waals surface area contributed by atoms with Gasteiger partial charge in [-0.05, 0) is 36.4 Å². The second kappa shape index (κ2) is 4.43. The minimum atomic E-state index is 0.899. The molecule has 90 valence electrons. The van der Waals surface area contributed by atoms with Crippen molar-refractivity contribution in [3.8, 4) is 24.7 Å². The Morgan fingerprint density at radius 3 is 1.79 bits per heavy atom. The maximum atomic E-state index is 5.46. The topological polar surface area (TPSA) is 3.24 Å². The van der Waals surface area contributed by atoms with Crippen LogP contribution in [0.3, 0.4) is 0 Å². The Balaban J connectivity index is 2.15. The molecule has 0 saturated carbocycles. The molecule has 0 aromatic heterocycles. The molecular weight excluding hydrogens is 250 g/mol. The largest absolute Gasteiger partial charge is 0.343 e. The van der Waals surface area contributed by atoms with E-state index < -0.39 is 0 Å². The highest BCUT2D eigenvalue weighted by atomic mass is 32.2. The first-order valence-electron chi connectivity index (χ1n) is 5.86. The highest BCUT2D eigenvalue weighted by molar-refractivity contribution is 7.99. The molecule has 0 radical (unpaired) electrons. The van der Waals surface area contributed by atoms with Gasteiger partial charge in [-0.3, -0.25) is 0 Å². The Bertz CT molecular complexity index is 683. The van der Waals surface area contributed by atoms with E-state index in [1.807, 2.05) is 24.3 Å². The van der Waals surface area contributed by atoms with E-state index >= 15 is 0 Å². The lowest BCUT2D eigenvalue weighted by Crippen LogP contribution is -2.14. The second-order valence-electron chi connectivity index (χ2n) is 4.31. The van der Waals surface area contributed by atoms with E-state index in [2.05, 4.69) is 35.9 Å². The molecule has 0 amide bonds. The van der Waals surface area contributed by atoms with Crippen LogP contribution in [0.25, 0.3) is 0 Å². The van der Waals surface area contributed by atoms with Crippen LogP contribution in [0.2, 0.25) is 0 Å². The van der Waals surface area contributed by atoms with Crippen molar-refractivity contribution in [1.82, 2.24) is 0 Å². The Morgan fingerprint density at radius 1 is 0.895 bits per heavy atom. The van der Waals surface area contributed by atoms with E-state index in [0.717, 1.165) is 11.1 Å². The van der Waals surface area contributed by atoms with E-state index in [1.54, 1.807) is 11.8 Å². The van der Waals surface area contributed by atoms with Crippen molar-refractivity contribution in [1.29, 1.82) is 0 Å². The summed E-state index contributed by atoms with van der Waals surface area (Å²) >= 11 is 1.71. The summed E-state index contributed by atoms with van der Waals surface area (Å²) in [4.78, 5) is 4.50. The predicted molar refractivity (Wildman–Crippen MR) is 80.9 cm³/mol. The standard InChI is InChI=1S/C17H11NS/c1-4-12-6-8-14-16(10-12)19-17-11-13(5-2)7-9-15(17)18(14)3/h1-2,6-11H,3H3. The molecule has 0 atom stereocenters. The summed E-state index contributed by atoms with van der Waals surface area (Å²) < 4.78 is 0. The minimum absolute atomic E-state index is 0.899. The number of hydrogen-bond acceptors (Lipinski definition) is 2. The average molecular weight is 261 g/mol. The van der Waals surface area contributed by atoms with Gasteiger partial charge in [0.2, 0.25) is 0 Å². The van der Waals surface area contributed by atoms with E-state index in [9.17, 15) is 0 Å². The molecule has 0 fully saturated rings. The number of nitrogens with zero attached hydrogens (tertiary/aromatic N) is 1. The number of anilines is 2. The molecule has 1 aliphatic rings. The van der Waals surface area contributed by atoms with Gasteiger partial charge in [0.25, 0.3) is 0 Å². The SMILES string of the molecule is C#Cc1ccc2c(c1)Sc1cc(C#C)ccc1N2C. The van der Waals surface area contributed by atoms with Gasteiger partial charge < -0.3 is 4.90 Å². The van der Waals surface area contributed by atoms with Crippen molar-refractivity contribution in [3.63, 3.8) is 0 Å². The first kappa shape index (κ1) is 11.8. The van der Waals surface area contributed by atoms with Crippen LogP contribution in [-0.2, 0) is 0 Å². The molecule has 0 saturated heterocycles. The van der Waals surface area contributed by atoms with E-state index in [0.29, 0.717) is 0 Å². The minimum Gasteiger partial charge on any atom is -0.343 e. The van der Waals surface area contributed by atoms with Crippen molar-refractivity contribution < 1.29 is 0 Å². The molecule has 1 heterocycles. The first-order valence-corrected chi connectivity index (χ1v) is 6.67. The maximum absolute atomic E-state index is 5.46. The van der Waals surface area contributed by atoms with Crippen LogP contribution >= 0.6 is 11.8 Å². The fourth-order valence-corrected chi connectivity index (χ4v) is 3.40. The molecule has 0 unspecified atom stereocenters. The van der Waals surface area contributed by atoms with Gasteiger partial charge in [0.05, 0.1) is 11.4 Å². The summed E-state index contributed by atoms with van der Waals surface area (Å²) in [5.74, 6) is 5.35. The molecule has 2 heteroatoms. The van der Waals surface area contributed by atoms with Crippen molar-refractivity contribution in [2.75, 3.05) is 11.9 Å². The zero-order valence-electron chi connectivity index (χ0n) is 10.5. The van der Waals surface area contributed by atoms with Gasteiger partial charge in [-0.2, -0.15) is 0 Å². The first-order chi connectivity index (χ1) is 9.22. The lowest BCUT2D eigenvalue weighted by molar-refractivity contribution is 1.11. The lowest BCUT2D eigenvalue weighted by Gasteiger charge is -2.29. The number of terminal acetylenes is 2. The number of fused-ring (bicyclic) bond motifs is 2. The molecule has 2 aromatic rings.